The van der Waals surface area contributed by atoms with Crippen molar-refractivity contribution in [2.45, 2.75) is 45.8 Å². The van der Waals surface area contributed by atoms with Gasteiger partial charge in [0.1, 0.15) is 11.6 Å². The molecule has 1 unspecified atom stereocenters. The van der Waals surface area contributed by atoms with Crippen LogP contribution in [0.25, 0.3) is 0 Å². The van der Waals surface area contributed by atoms with E-state index in [4.69, 9.17) is 0 Å². The van der Waals surface area contributed by atoms with Crippen LogP contribution in [0.5, 0.6) is 0 Å². The Balaban J connectivity index is 1.51. The number of carbonyl (C=O) groups is 1. The maximum Gasteiger partial charge on any atom is 0.241 e. The molecule has 6 heteroatoms. The lowest BCUT2D eigenvalue weighted by Gasteiger charge is -2.37. The molecule has 0 aliphatic carbocycles. The van der Waals surface area contributed by atoms with Crippen LogP contribution in [0, 0.1) is 6.92 Å². The molecule has 1 aromatic carbocycles. The first kappa shape index (κ1) is 15.3. The predicted octanol–water partition coefficient (Wildman–Crippen LogP) is 1.77. The Bertz CT molecular complexity index is 769. The molecule has 0 fully saturated rings. The molecule has 1 atom stereocenters. The Hall–Kier alpha value is -2.21. The van der Waals surface area contributed by atoms with Crippen LogP contribution in [0.1, 0.15) is 30.6 Å². The van der Waals surface area contributed by atoms with E-state index >= 15 is 0 Å². The molecule has 0 spiro atoms. The first-order valence-corrected chi connectivity index (χ1v) is 8.64. The van der Waals surface area contributed by atoms with Crippen LogP contribution >= 0.6 is 0 Å². The summed E-state index contributed by atoms with van der Waals surface area (Å²) in [6.45, 7) is 6.96. The van der Waals surface area contributed by atoms with Gasteiger partial charge < -0.3 is 9.47 Å². The van der Waals surface area contributed by atoms with Gasteiger partial charge in [-0.25, -0.2) is 0 Å². The Morgan fingerprint density at radius 3 is 2.96 bits per heavy atom. The third-order valence-corrected chi connectivity index (χ3v) is 5.17. The average molecular weight is 325 g/mol. The molecule has 1 amide bonds. The second-order valence-corrected chi connectivity index (χ2v) is 6.81. The lowest BCUT2D eigenvalue weighted by Crippen LogP contribution is -2.48. The molecule has 24 heavy (non-hydrogen) atoms. The highest BCUT2D eigenvalue weighted by Crippen LogP contribution is 2.30. The summed E-state index contributed by atoms with van der Waals surface area (Å²) in [6, 6.07) is 8.52. The van der Waals surface area contributed by atoms with Crippen LogP contribution in [0.2, 0.25) is 0 Å². The fourth-order valence-electron chi connectivity index (χ4n) is 3.82. The Kier molecular flexibility index (Phi) is 3.84. The molecular weight excluding hydrogens is 302 g/mol. The fraction of sp³-hybridized carbons (Fsp3) is 0.500. The van der Waals surface area contributed by atoms with Crippen molar-refractivity contribution in [2.24, 2.45) is 0 Å². The zero-order valence-corrected chi connectivity index (χ0v) is 14.3. The Morgan fingerprint density at radius 2 is 2.08 bits per heavy atom. The number of hydrogen-bond acceptors (Lipinski definition) is 4. The van der Waals surface area contributed by atoms with Crippen molar-refractivity contribution in [3.05, 3.63) is 41.5 Å². The monoisotopic (exact) mass is 325 g/mol. The van der Waals surface area contributed by atoms with E-state index in [1.807, 2.05) is 17.9 Å². The topological polar surface area (TPSA) is 54.3 Å². The molecule has 3 heterocycles. The maximum atomic E-state index is 13.0. The van der Waals surface area contributed by atoms with Gasteiger partial charge in [0.05, 0.1) is 13.1 Å². The number of fused-ring (bicyclic) bond motifs is 2. The van der Waals surface area contributed by atoms with Crippen LogP contribution in [-0.2, 0) is 24.3 Å². The summed E-state index contributed by atoms with van der Waals surface area (Å²) in [4.78, 5) is 17.2. The number of nitrogens with zero attached hydrogens (tertiary/aromatic N) is 5. The predicted molar refractivity (Wildman–Crippen MR) is 91.7 cm³/mol. The van der Waals surface area contributed by atoms with E-state index < -0.39 is 0 Å². The van der Waals surface area contributed by atoms with Crippen molar-refractivity contribution in [3.8, 4) is 0 Å². The van der Waals surface area contributed by atoms with Gasteiger partial charge in [0.15, 0.2) is 0 Å². The number of amides is 1. The van der Waals surface area contributed by atoms with Gasteiger partial charge in [0.25, 0.3) is 0 Å². The van der Waals surface area contributed by atoms with Crippen molar-refractivity contribution < 1.29 is 4.79 Å². The second-order valence-electron chi connectivity index (χ2n) is 6.81. The minimum atomic E-state index is 0.180. The number of anilines is 1. The molecular formula is C18H23N5O. The van der Waals surface area contributed by atoms with Crippen LogP contribution in [0.15, 0.2) is 24.3 Å². The largest absolute Gasteiger partial charge is 0.313 e. The highest BCUT2D eigenvalue weighted by molar-refractivity contribution is 5.96. The minimum absolute atomic E-state index is 0.180. The number of carbonyl (C=O) groups excluding carboxylic acids is 1. The summed E-state index contributed by atoms with van der Waals surface area (Å²) in [5, 5.41) is 8.36. The summed E-state index contributed by atoms with van der Waals surface area (Å²) < 4.78 is 2.14. The minimum Gasteiger partial charge on any atom is -0.313 e. The number of benzene rings is 1. The molecule has 0 saturated carbocycles. The summed E-state index contributed by atoms with van der Waals surface area (Å²) in [7, 11) is 0. The van der Waals surface area contributed by atoms with Crippen LogP contribution in [0.3, 0.4) is 0 Å². The lowest BCUT2D eigenvalue weighted by molar-refractivity contribution is -0.120. The molecule has 0 bridgehead atoms. The third-order valence-electron chi connectivity index (χ3n) is 5.17. The molecule has 126 valence electrons. The molecule has 2 aliphatic rings. The summed E-state index contributed by atoms with van der Waals surface area (Å²) in [5.74, 6) is 2.09. The lowest BCUT2D eigenvalue weighted by atomic mass is 9.96. The van der Waals surface area contributed by atoms with E-state index in [9.17, 15) is 4.79 Å². The molecule has 0 N–H and O–H groups in total. The van der Waals surface area contributed by atoms with Crippen LogP contribution in [-0.4, -0.2) is 44.7 Å². The van der Waals surface area contributed by atoms with Crippen molar-refractivity contribution in [3.63, 3.8) is 0 Å². The number of hydrogen-bond donors (Lipinski definition) is 0. The summed E-state index contributed by atoms with van der Waals surface area (Å²) in [5.41, 5.74) is 2.36. The van der Waals surface area contributed by atoms with E-state index in [1.54, 1.807) is 0 Å². The Morgan fingerprint density at radius 1 is 1.25 bits per heavy atom. The molecule has 1 aromatic heterocycles. The zero-order valence-electron chi connectivity index (χ0n) is 14.3. The molecule has 0 saturated heterocycles. The zero-order chi connectivity index (χ0) is 16.7. The van der Waals surface area contributed by atoms with Gasteiger partial charge in [-0.3, -0.25) is 9.69 Å². The van der Waals surface area contributed by atoms with E-state index in [0.29, 0.717) is 13.1 Å². The molecule has 2 aromatic rings. The quantitative estimate of drug-likeness (QED) is 0.844. The number of rotatable bonds is 2. The standard InChI is InChI=1S/C18H23N5O/c1-13-7-8-15-5-3-4-6-16(15)23(13)18(24)12-21-9-10-22-14(2)19-20-17(22)11-21/h3-6,13H,7-12H2,1-2H3. The molecule has 0 radical (unpaired) electrons. The van der Waals surface area contributed by atoms with Gasteiger partial charge >= 0.3 is 0 Å². The summed E-state index contributed by atoms with van der Waals surface area (Å²) >= 11 is 0. The first-order chi connectivity index (χ1) is 11.6. The molecule has 4 rings (SSSR count). The second kappa shape index (κ2) is 6.02. The third kappa shape index (κ3) is 2.60. The van der Waals surface area contributed by atoms with Gasteiger partial charge in [-0.2, -0.15) is 0 Å². The normalized spacial score (nSPS) is 20.6. The SMILES string of the molecule is Cc1nnc2n1CCN(CC(=O)N1c3ccccc3CCC1C)C2. The average Bonchev–Trinajstić information content (AvgIpc) is 2.95. The van der Waals surface area contributed by atoms with E-state index in [-0.39, 0.29) is 11.9 Å². The number of aryl methyl sites for hydroxylation is 2. The fourth-order valence-corrected chi connectivity index (χ4v) is 3.82. The van der Waals surface area contributed by atoms with Gasteiger partial charge in [-0.15, -0.1) is 10.2 Å². The van der Waals surface area contributed by atoms with Crippen molar-refractivity contribution in [1.82, 2.24) is 19.7 Å². The number of aromatic nitrogens is 3. The highest BCUT2D eigenvalue weighted by Gasteiger charge is 2.30. The first-order valence-electron chi connectivity index (χ1n) is 8.64. The maximum absolute atomic E-state index is 13.0. The molecule has 6 nitrogen and oxygen atoms in total. The van der Waals surface area contributed by atoms with Gasteiger partial charge in [-0.05, 0) is 38.3 Å². The van der Waals surface area contributed by atoms with E-state index in [1.165, 1.54) is 5.56 Å². The number of para-hydroxylation sites is 1. The molecule has 2 aliphatic heterocycles. The van der Waals surface area contributed by atoms with E-state index in [0.717, 1.165) is 43.3 Å². The highest BCUT2D eigenvalue weighted by atomic mass is 16.2. The van der Waals surface area contributed by atoms with Gasteiger partial charge in [0.2, 0.25) is 5.91 Å². The van der Waals surface area contributed by atoms with E-state index in [2.05, 4.69) is 44.8 Å². The van der Waals surface area contributed by atoms with Gasteiger partial charge in [0, 0.05) is 24.8 Å². The Labute approximate surface area is 142 Å². The van der Waals surface area contributed by atoms with Gasteiger partial charge in [-0.1, -0.05) is 18.2 Å². The summed E-state index contributed by atoms with van der Waals surface area (Å²) in [6.07, 6.45) is 2.07. The smallest absolute Gasteiger partial charge is 0.241 e. The van der Waals surface area contributed by atoms with Crippen LogP contribution in [0.4, 0.5) is 5.69 Å². The van der Waals surface area contributed by atoms with Crippen molar-refractivity contribution in [2.75, 3.05) is 18.0 Å². The van der Waals surface area contributed by atoms with Crippen molar-refractivity contribution in [1.29, 1.82) is 0 Å². The van der Waals surface area contributed by atoms with Crippen molar-refractivity contribution >= 4 is 11.6 Å². The van der Waals surface area contributed by atoms with Crippen LogP contribution < -0.4 is 4.90 Å².